The Kier molecular flexibility index (Phi) is 4.18. The second-order valence-corrected chi connectivity index (χ2v) is 4.89. The Hall–Kier alpha value is -2.48. The van der Waals surface area contributed by atoms with Gasteiger partial charge in [-0.15, -0.1) is 0 Å². The molecule has 1 fully saturated rings. The first-order valence-electron chi connectivity index (χ1n) is 6.39. The highest BCUT2D eigenvalue weighted by molar-refractivity contribution is 6.05. The third kappa shape index (κ3) is 3.16. The molecule has 2 rings (SSSR count). The second-order valence-electron chi connectivity index (χ2n) is 4.89. The number of likely N-dealkylation sites (N-methyl/N-ethyl adjacent to an activating group) is 1. The van der Waals surface area contributed by atoms with Crippen LogP contribution in [0.4, 0.5) is 5.69 Å². The molecule has 112 valence electrons. The summed E-state index contributed by atoms with van der Waals surface area (Å²) >= 11 is 0. The van der Waals surface area contributed by atoms with Crippen LogP contribution in [0.1, 0.15) is 20.7 Å². The lowest BCUT2D eigenvalue weighted by molar-refractivity contribution is -0.384. The highest BCUT2D eigenvalue weighted by Gasteiger charge is 2.26. The molecule has 21 heavy (non-hydrogen) atoms. The Morgan fingerprint density at radius 1 is 1.19 bits per heavy atom. The molecule has 8 nitrogen and oxygen atoms in total. The molecule has 1 N–H and O–H groups in total. The Labute approximate surface area is 120 Å². The van der Waals surface area contributed by atoms with E-state index in [-0.39, 0.29) is 16.8 Å². The highest BCUT2D eigenvalue weighted by Crippen LogP contribution is 2.20. The number of carbonyl (C=O) groups excluding carboxylic acids is 1. The van der Waals surface area contributed by atoms with Gasteiger partial charge in [-0.05, 0) is 13.1 Å². The summed E-state index contributed by atoms with van der Waals surface area (Å²) in [6.45, 7) is 2.31. The van der Waals surface area contributed by atoms with E-state index in [9.17, 15) is 19.7 Å². The summed E-state index contributed by atoms with van der Waals surface area (Å²) in [6, 6.07) is 3.22. The van der Waals surface area contributed by atoms with Crippen LogP contribution in [0.3, 0.4) is 0 Å². The van der Waals surface area contributed by atoms with E-state index in [1.54, 1.807) is 0 Å². The number of hydrogen-bond donors (Lipinski definition) is 1. The van der Waals surface area contributed by atoms with Crippen molar-refractivity contribution in [1.29, 1.82) is 0 Å². The number of non-ortho nitro benzene ring substituents is 1. The van der Waals surface area contributed by atoms with Gasteiger partial charge in [-0.3, -0.25) is 14.9 Å². The Morgan fingerprint density at radius 2 is 1.81 bits per heavy atom. The number of carbonyl (C=O) groups is 2. The average Bonchev–Trinajstić information content (AvgIpc) is 2.46. The van der Waals surface area contributed by atoms with Crippen molar-refractivity contribution in [2.75, 3.05) is 33.2 Å². The zero-order valence-electron chi connectivity index (χ0n) is 11.5. The molecule has 0 saturated carbocycles. The number of rotatable bonds is 3. The predicted octanol–water partition coefficient (Wildman–Crippen LogP) is 0.681. The normalized spacial score (nSPS) is 15.8. The SMILES string of the molecule is CN1CCN(C(=O)c2cc([N+](=O)[O-])ccc2C(=O)O)CC1. The summed E-state index contributed by atoms with van der Waals surface area (Å²) < 4.78 is 0. The van der Waals surface area contributed by atoms with Gasteiger partial charge in [0, 0.05) is 38.3 Å². The van der Waals surface area contributed by atoms with E-state index in [1.807, 2.05) is 7.05 Å². The summed E-state index contributed by atoms with van der Waals surface area (Å²) in [4.78, 5) is 37.3. The molecule has 0 aromatic heterocycles. The molecule has 0 unspecified atom stereocenters. The van der Waals surface area contributed by atoms with Crippen molar-refractivity contribution in [2.24, 2.45) is 0 Å². The number of benzene rings is 1. The maximum Gasteiger partial charge on any atom is 0.336 e. The summed E-state index contributed by atoms with van der Waals surface area (Å²) in [6.07, 6.45) is 0. The summed E-state index contributed by atoms with van der Waals surface area (Å²) in [7, 11) is 1.93. The molecular weight excluding hydrogens is 278 g/mol. The first-order valence-corrected chi connectivity index (χ1v) is 6.39. The lowest BCUT2D eigenvalue weighted by Gasteiger charge is -2.32. The van der Waals surface area contributed by atoms with Crippen LogP contribution in [0, 0.1) is 10.1 Å². The number of nitro benzene ring substituents is 1. The van der Waals surface area contributed by atoms with Gasteiger partial charge in [0.1, 0.15) is 0 Å². The molecule has 1 aliphatic rings. The minimum absolute atomic E-state index is 0.138. The summed E-state index contributed by atoms with van der Waals surface area (Å²) in [5, 5.41) is 19.9. The predicted molar refractivity (Wildman–Crippen MR) is 73.5 cm³/mol. The molecule has 1 heterocycles. The van der Waals surface area contributed by atoms with Gasteiger partial charge in [-0.25, -0.2) is 4.79 Å². The fourth-order valence-corrected chi connectivity index (χ4v) is 2.19. The van der Waals surface area contributed by atoms with Crippen molar-refractivity contribution >= 4 is 17.6 Å². The van der Waals surface area contributed by atoms with Gasteiger partial charge in [0.2, 0.25) is 0 Å². The molecule has 0 bridgehead atoms. The van der Waals surface area contributed by atoms with E-state index in [0.29, 0.717) is 26.2 Å². The van der Waals surface area contributed by atoms with E-state index in [4.69, 9.17) is 5.11 Å². The van der Waals surface area contributed by atoms with Crippen LogP contribution in [0.2, 0.25) is 0 Å². The standard InChI is InChI=1S/C13H15N3O5/c1-14-4-6-15(7-5-14)12(17)11-8-9(16(20)21)2-3-10(11)13(18)19/h2-3,8H,4-7H2,1H3,(H,18,19). The smallest absolute Gasteiger partial charge is 0.336 e. The van der Waals surface area contributed by atoms with Crippen molar-refractivity contribution in [2.45, 2.75) is 0 Å². The van der Waals surface area contributed by atoms with Crippen molar-refractivity contribution < 1.29 is 19.6 Å². The molecule has 8 heteroatoms. The fourth-order valence-electron chi connectivity index (χ4n) is 2.19. The quantitative estimate of drug-likeness (QED) is 0.649. The lowest BCUT2D eigenvalue weighted by Crippen LogP contribution is -2.47. The first kappa shape index (κ1) is 14.9. The number of amides is 1. The molecule has 1 amide bonds. The van der Waals surface area contributed by atoms with E-state index in [0.717, 1.165) is 18.2 Å². The van der Waals surface area contributed by atoms with Crippen LogP contribution in [0.25, 0.3) is 0 Å². The Balaban J connectivity index is 2.35. The number of hydrogen-bond acceptors (Lipinski definition) is 5. The van der Waals surface area contributed by atoms with E-state index < -0.39 is 16.8 Å². The molecule has 0 radical (unpaired) electrons. The zero-order chi connectivity index (χ0) is 15.6. The number of carboxylic acids is 1. The van der Waals surface area contributed by atoms with E-state index >= 15 is 0 Å². The minimum atomic E-state index is -1.28. The molecular formula is C13H15N3O5. The monoisotopic (exact) mass is 293 g/mol. The van der Waals surface area contributed by atoms with Gasteiger partial charge >= 0.3 is 5.97 Å². The van der Waals surface area contributed by atoms with Crippen LogP contribution >= 0.6 is 0 Å². The molecule has 1 aromatic rings. The van der Waals surface area contributed by atoms with E-state index in [2.05, 4.69) is 4.90 Å². The van der Waals surface area contributed by atoms with Gasteiger partial charge in [-0.2, -0.15) is 0 Å². The van der Waals surface area contributed by atoms with Gasteiger partial charge in [0.15, 0.2) is 0 Å². The molecule has 0 spiro atoms. The van der Waals surface area contributed by atoms with Crippen molar-refractivity contribution in [3.05, 3.63) is 39.4 Å². The van der Waals surface area contributed by atoms with Crippen LogP contribution < -0.4 is 0 Å². The third-order valence-corrected chi connectivity index (χ3v) is 3.47. The van der Waals surface area contributed by atoms with Crippen molar-refractivity contribution in [1.82, 2.24) is 9.80 Å². The lowest BCUT2D eigenvalue weighted by atomic mass is 10.0. The fraction of sp³-hybridized carbons (Fsp3) is 0.385. The van der Waals surface area contributed by atoms with E-state index in [1.165, 1.54) is 4.90 Å². The number of nitro groups is 1. The third-order valence-electron chi connectivity index (χ3n) is 3.47. The van der Waals surface area contributed by atoms with Crippen LogP contribution in [-0.4, -0.2) is 64.9 Å². The topological polar surface area (TPSA) is 104 Å². The first-order chi connectivity index (χ1) is 9.90. The average molecular weight is 293 g/mol. The zero-order valence-corrected chi connectivity index (χ0v) is 11.5. The number of aromatic carboxylic acids is 1. The van der Waals surface area contributed by atoms with Crippen LogP contribution in [0.5, 0.6) is 0 Å². The van der Waals surface area contributed by atoms with Gasteiger partial charge in [0.05, 0.1) is 16.1 Å². The van der Waals surface area contributed by atoms with Crippen molar-refractivity contribution in [3.8, 4) is 0 Å². The Bertz CT molecular complexity index is 593. The maximum atomic E-state index is 12.4. The minimum Gasteiger partial charge on any atom is -0.478 e. The summed E-state index contributed by atoms with van der Waals surface area (Å²) in [5.74, 6) is -1.76. The second kappa shape index (κ2) is 5.88. The van der Waals surface area contributed by atoms with Gasteiger partial charge in [0.25, 0.3) is 11.6 Å². The Morgan fingerprint density at radius 3 is 2.33 bits per heavy atom. The molecule has 1 saturated heterocycles. The highest BCUT2D eigenvalue weighted by atomic mass is 16.6. The molecule has 1 aliphatic heterocycles. The number of carboxylic acid groups (broad SMARTS) is 1. The maximum absolute atomic E-state index is 12.4. The molecule has 1 aromatic carbocycles. The largest absolute Gasteiger partial charge is 0.478 e. The number of nitrogens with zero attached hydrogens (tertiary/aromatic N) is 3. The van der Waals surface area contributed by atoms with Crippen molar-refractivity contribution in [3.63, 3.8) is 0 Å². The number of piperazine rings is 1. The molecule has 0 aliphatic carbocycles. The van der Waals surface area contributed by atoms with Crippen LogP contribution in [0.15, 0.2) is 18.2 Å². The molecule has 0 atom stereocenters. The van der Waals surface area contributed by atoms with Gasteiger partial charge < -0.3 is 14.9 Å². The summed E-state index contributed by atoms with van der Waals surface area (Å²) in [5.41, 5.74) is -0.650. The van der Waals surface area contributed by atoms with Crippen LogP contribution in [-0.2, 0) is 0 Å². The van der Waals surface area contributed by atoms with Gasteiger partial charge in [-0.1, -0.05) is 0 Å².